The summed E-state index contributed by atoms with van der Waals surface area (Å²) in [6.07, 6.45) is 5.32. The number of nitrogens with zero attached hydrogens (tertiary/aromatic N) is 5. The number of hydrogen-bond donors (Lipinski definition) is 1. The Bertz CT molecular complexity index is 1220. The number of fused-ring (bicyclic) bond motifs is 1. The van der Waals surface area contributed by atoms with Crippen LogP contribution in [0.4, 0.5) is 16.0 Å². The average molecular weight is 505 g/mol. The molecule has 3 fully saturated rings. The molecule has 1 saturated carbocycles. The molecule has 0 spiro atoms. The molecule has 2 saturated heterocycles. The SMILES string of the molecule is C[C@@H]1COC[C@@H]1N1CC[C@@H](c2cc3nc(Nc4cnn(C5CC5)c4Cl)ncc3cc2Cl)[C@H](F)C1. The maximum atomic E-state index is 15.4. The highest BCUT2D eigenvalue weighted by molar-refractivity contribution is 6.32. The molecule has 0 unspecified atom stereocenters. The largest absolute Gasteiger partial charge is 0.379 e. The lowest BCUT2D eigenvalue weighted by Gasteiger charge is -2.39. The van der Waals surface area contributed by atoms with Gasteiger partial charge in [0.05, 0.1) is 36.7 Å². The molecule has 2 aliphatic heterocycles. The number of aromatic nitrogens is 4. The monoisotopic (exact) mass is 504 g/mol. The molecule has 0 bridgehead atoms. The van der Waals surface area contributed by atoms with Gasteiger partial charge in [0.2, 0.25) is 5.95 Å². The molecule has 34 heavy (non-hydrogen) atoms. The number of benzene rings is 1. The molecule has 4 atom stereocenters. The van der Waals surface area contributed by atoms with Gasteiger partial charge in [-0.25, -0.2) is 19.0 Å². The molecule has 3 aromatic rings. The second kappa shape index (κ2) is 8.90. The van der Waals surface area contributed by atoms with Gasteiger partial charge in [0.25, 0.3) is 0 Å². The molecule has 3 aliphatic rings. The van der Waals surface area contributed by atoms with Crippen molar-refractivity contribution in [2.75, 3.05) is 31.6 Å². The number of hydrogen-bond acceptors (Lipinski definition) is 6. The highest BCUT2D eigenvalue weighted by Crippen LogP contribution is 2.40. The molecule has 4 heterocycles. The van der Waals surface area contributed by atoms with E-state index in [-0.39, 0.29) is 5.92 Å². The standard InChI is InChI=1S/C24H27Cl2FN6O/c1-13-11-34-12-22(13)32-5-4-16(19(27)10-32)17-7-20-14(6-18(17)25)8-28-24(30-20)31-21-9-29-33(23(21)26)15-2-3-15/h6-9,13,15-16,19,22H,2-5,10-12H2,1H3,(H,28,30,31)/t13-,16+,19-,22+/m1/s1. The zero-order valence-corrected chi connectivity index (χ0v) is 20.4. The minimum absolute atomic E-state index is 0.261. The fourth-order valence-corrected chi connectivity index (χ4v) is 5.82. The molecule has 6 rings (SSSR count). The first-order chi connectivity index (χ1) is 16.5. The Morgan fingerprint density at radius 3 is 2.74 bits per heavy atom. The van der Waals surface area contributed by atoms with E-state index in [4.69, 9.17) is 27.9 Å². The van der Waals surface area contributed by atoms with Crippen molar-refractivity contribution in [2.24, 2.45) is 5.92 Å². The summed E-state index contributed by atoms with van der Waals surface area (Å²) in [4.78, 5) is 11.3. The molecule has 7 nitrogen and oxygen atoms in total. The van der Waals surface area contributed by atoms with Gasteiger partial charge >= 0.3 is 0 Å². The summed E-state index contributed by atoms with van der Waals surface area (Å²) >= 11 is 13.1. The van der Waals surface area contributed by atoms with Gasteiger partial charge in [-0.3, -0.25) is 4.90 Å². The van der Waals surface area contributed by atoms with Crippen LogP contribution in [0.2, 0.25) is 10.2 Å². The van der Waals surface area contributed by atoms with Gasteiger partial charge in [-0.1, -0.05) is 30.1 Å². The third-order valence-corrected chi connectivity index (χ3v) is 8.04. The Kier molecular flexibility index (Phi) is 5.88. The summed E-state index contributed by atoms with van der Waals surface area (Å²) < 4.78 is 22.8. The minimum atomic E-state index is -0.997. The number of rotatable bonds is 5. The van der Waals surface area contributed by atoms with E-state index in [1.165, 1.54) is 0 Å². The van der Waals surface area contributed by atoms with Crippen LogP contribution in [0, 0.1) is 5.92 Å². The zero-order chi connectivity index (χ0) is 23.4. The Hall–Kier alpha value is -2.00. The van der Waals surface area contributed by atoms with E-state index >= 15 is 4.39 Å². The summed E-state index contributed by atoms with van der Waals surface area (Å²) in [5, 5.41) is 9.46. The molecule has 1 aromatic carbocycles. The summed E-state index contributed by atoms with van der Waals surface area (Å²) in [5.41, 5.74) is 2.19. The van der Waals surface area contributed by atoms with Crippen LogP contribution in [0.15, 0.2) is 24.5 Å². The highest BCUT2D eigenvalue weighted by atomic mass is 35.5. The topological polar surface area (TPSA) is 68.1 Å². The highest BCUT2D eigenvalue weighted by Gasteiger charge is 2.38. The second-order valence-corrected chi connectivity index (χ2v) is 10.5. The fourth-order valence-electron chi connectivity index (χ4n) is 5.23. The van der Waals surface area contributed by atoms with Gasteiger partial charge in [-0.2, -0.15) is 5.10 Å². The van der Waals surface area contributed by atoms with E-state index in [2.05, 4.69) is 32.2 Å². The minimum Gasteiger partial charge on any atom is -0.379 e. The first-order valence-corrected chi connectivity index (χ1v) is 12.7. The molecule has 1 aliphatic carbocycles. The predicted octanol–water partition coefficient (Wildman–Crippen LogP) is 5.37. The van der Waals surface area contributed by atoms with Crippen LogP contribution in [-0.4, -0.2) is 63.2 Å². The Morgan fingerprint density at radius 2 is 2.00 bits per heavy atom. The zero-order valence-electron chi connectivity index (χ0n) is 18.9. The van der Waals surface area contributed by atoms with Crippen LogP contribution >= 0.6 is 23.2 Å². The van der Waals surface area contributed by atoms with Crippen LogP contribution < -0.4 is 5.32 Å². The summed E-state index contributed by atoms with van der Waals surface area (Å²) in [6, 6.07) is 4.42. The first kappa shape index (κ1) is 22.5. The van der Waals surface area contributed by atoms with E-state index in [1.54, 1.807) is 12.4 Å². The number of likely N-dealkylation sites (tertiary alicyclic amines) is 1. The van der Waals surface area contributed by atoms with Crippen LogP contribution in [0.3, 0.4) is 0 Å². The summed E-state index contributed by atoms with van der Waals surface area (Å²) in [7, 11) is 0. The average Bonchev–Trinajstić information content (AvgIpc) is 3.47. The van der Waals surface area contributed by atoms with Crippen molar-refractivity contribution < 1.29 is 9.13 Å². The lowest BCUT2D eigenvalue weighted by atomic mass is 9.86. The smallest absolute Gasteiger partial charge is 0.227 e. The molecule has 0 radical (unpaired) electrons. The van der Waals surface area contributed by atoms with Gasteiger partial charge < -0.3 is 10.1 Å². The van der Waals surface area contributed by atoms with Gasteiger partial charge in [0.1, 0.15) is 6.17 Å². The number of anilines is 2. The van der Waals surface area contributed by atoms with E-state index in [1.807, 2.05) is 16.8 Å². The van der Waals surface area contributed by atoms with Crippen molar-refractivity contribution in [3.63, 3.8) is 0 Å². The lowest BCUT2D eigenvalue weighted by Crippen LogP contribution is -2.48. The van der Waals surface area contributed by atoms with Crippen molar-refractivity contribution in [1.29, 1.82) is 0 Å². The third-order valence-electron chi connectivity index (χ3n) is 7.34. The normalized spacial score (nSPS) is 28.0. The Balaban J connectivity index is 1.23. The third kappa shape index (κ3) is 4.15. The first-order valence-electron chi connectivity index (χ1n) is 11.9. The fraction of sp³-hybridized carbons (Fsp3) is 0.542. The molecule has 0 amide bonds. The second-order valence-electron chi connectivity index (χ2n) is 9.76. The molecule has 2 aromatic heterocycles. The van der Waals surface area contributed by atoms with Crippen molar-refractivity contribution in [1.82, 2.24) is 24.6 Å². The predicted molar refractivity (Wildman–Crippen MR) is 131 cm³/mol. The van der Waals surface area contributed by atoms with E-state index in [0.717, 1.165) is 42.5 Å². The van der Waals surface area contributed by atoms with Gasteiger partial charge in [0, 0.05) is 35.1 Å². The Labute approximate surface area is 207 Å². The molecular weight excluding hydrogens is 478 g/mol. The maximum absolute atomic E-state index is 15.4. The number of nitrogens with one attached hydrogen (secondary N) is 1. The molecule has 180 valence electrons. The number of alkyl halides is 1. The molecular formula is C24H27Cl2FN6O. The Morgan fingerprint density at radius 1 is 1.15 bits per heavy atom. The van der Waals surface area contributed by atoms with Gasteiger partial charge in [0.15, 0.2) is 5.15 Å². The summed E-state index contributed by atoms with van der Waals surface area (Å²) in [5.74, 6) is 0.587. The van der Waals surface area contributed by atoms with Crippen molar-refractivity contribution >= 4 is 45.7 Å². The van der Waals surface area contributed by atoms with Crippen LogP contribution in [0.5, 0.6) is 0 Å². The van der Waals surface area contributed by atoms with Crippen molar-refractivity contribution in [3.8, 4) is 0 Å². The van der Waals surface area contributed by atoms with Crippen LogP contribution in [0.25, 0.3) is 10.9 Å². The van der Waals surface area contributed by atoms with Crippen LogP contribution in [-0.2, 0) is 4.74 Å². The lowest BCUT2D eigenvalue weighted by molar-refractivity contribution is 0.0659. The van der Waals surface area contributed by atoms with E-state index in [0.29, 0.717) is 59.4 Å². The maximum Gasteiger partial charge on any atom is 0.227 e. The van der Waals surface area contributed by atoms with Gasteiger partial charge in [-0.05, 0) is 49.4 Å². The van der Waals surface area contributed by atoms with Crippen LogP contribution in [0.1, 0.15) is 43.7 Å². The van der Waals surface area contributed by atoms with Gasteiger partial charge in [-0.15, -0.1) is 0 Å². The number of halogens is 3. The summed E-state index contributed by atoms with van der Waals surface area (Å²) in [6.45, 7) is 4.84. The van der Waals surface area contributed by atoms with Crippen molar-refractivity contribution in [3.05, 3.63) is 40.3 Å². The quantitative estimate of drug-likeness (QED) is 0.503. The number of piperidine rings is 1. The molecule has 1 N–H and O–H groups in total. The number of ether oxygens (including phenoxy) is 1. The van der Waals surface area contributed by atoms with E-state index in [9.17, 15) is 0 Å². The van der Waals surface area contributed by atoms with E-state index < -0.39 is 6.17 Å². The molecule has 10 heteroatoms. The van der Waals surface area contributed by atoms with Crippen molar-refractivity contribution in [2.45, 2.75) is 50.4 Å².